The van der Waals surface area contributed by atoms with Crippen LogP contribution in [0.1, 0.15) is 5.56 Å². The van der Waals surface area contributed by atoms with Crippen molar-refractivity contribution in [3.63, 3.8) is 0 Å². The number of benzene rings is 8. The number of para-hydroxylation sites is 4. The fourth-order valence-corrected chi connectivity index (χ4v) is 8.73. The zero-order valence-electron chi connectivity index (χ0n) is 29.5. The summed E-state index contributed by atoms with van der Waals surface area (Å²) in [6.07, 6.45) is 0. The normalized spacial score (nSPS) is 11.6. The van der Waals surface area contributed by atoms with Crippen LogP contribution >= 0.6 is 0 Å². The van der Waals surface area contributed by atoms with Gasteiger partial charge in [0, 0.05) is 43.7 Å². The quantitative estimate of drug-likeness (QED) is 0.169. The van der Waals surface area contributed by atoms with Gasteiger partial charge in [-0.2, -0.15) is 5.26 Å². The summed E-state index contributed by atoms with van der Waals surface area (Å²) in [7, 11) is 0. The summed E-state index contributed by atoms with van der Waals surface area (Å²) in [6.45, 7) is 8.01. The van der Waals surface area contributed by atoms with E-state index in [0.717, 1.165) is 72.1 Å². The number of aromatic nitrogens is 3. The molecular weight excluding hydrogens is 671 g/mol. The Kier molecular flexibility index (Phi) is 6.61. The van der Waals surface area contributed by atoms with E-state index in [-0.39, 0.29) is 0 Å². The predicted octanol–water partition coefficient (Wildman–Crippen LogP) is 13.1. The van der Waals surface area contributed by atoms with Crippen LogP contribution in [-0.2, 0) is 0 Å². The maximum Gasteiger partial charge on any atom is 0.189 e. The van der Waals surface area contributed by atoms with E-state index in [1.165, 1.54) is 21.5 Å². The van der Waals surface area contributed by atoms with Crippen LogP contribution in [0, 0.1) is 17.9 Å². The van der Waals surface area contributed by atoms with Gasteiger partial charge in [-0.15, -0.1) is 0 Å². The second-order valence-electron chi connectivity index (χ2n) is 14.0. The van der Waals surface area contributed by atoms with E-state index in [4.69, 9.17) is 6.57 Å². The van der Waals surface area contributed by atoms with Gasteiger partial charge in [0.15, 0.2) is 5.69 Å². The van der Waals surface area contributed by atoms with Crippen LogP contribution in [0.5, 0.6) is 0 Å². The standard InChI is InChI=1S/C50H29N5/c1-52-35-28-34(29-37(30-35)54-43-15-6-2-11-38(43)39-12-3-7-16-44(39)54)33-22-24-36(25-23-33)53-47-26-21-32(31-51)27-42(47)50-48(53)19-10-20-49(50)55-45-17-8-4-13-40(45)41-14-5-9-18-46(41)55/h2-30H. The van der Waals surface area contributed by atoms with E-state index in [0.29, 0.717) is 11.3 Å². The van der Waals surface area contributed by atoms with Gasteiger partial charge < -0.3 is 13.7 Å². The van der Waals surface area contributed by atoms with E-state index in [2.05, 4.69) is 176 Å². The molecule has 8 aromatic carbocycles. The Morgan fingerprint density at radius 1 is 0.418 bits per heavy atom. The van der Waals surface area contributed by atoms with Crippen molar-refractivity contribution >= 4 is 71.1 Å². The van der Waals surface area contributed by atoms with Crippen molar-refractivity contribution in [1.82, 2.24) is 13.7 Å². The molecule has 0 amide bonds. The number of rotatable bonds is 4. The summed E-state index contributed by atoms with van der Waals surface area (Å²) >= 11 is 0. The van der Waals surface area contributed by atoms with Gasteiger partial charge in [-0.25, -0.2) is 4.85 Å². The Labute approximate surface area is 316 Å². The van der Waals surface area contributed by atoms with Crippen LogP contribution in [-0.4, -0.2) is 13.7 Å². The van der Waals surface area contributed by atoms with Crippen molar-refractivity contribution in [2.75, 3.05) is 0 Å². The molecule has 0 unspecified atom stereocenters. The highest BCUT2D eigenvalue weighted by Crippen LogP contribution is 2.41. The van der Waals surface area contributed by atoms with Gasteiger partial charge in [0.25, 0.3) is 0 Å². The average molecular weight is 700 g/mol. The van der Waals surface area contributed by atoms with Gasteiger partial charge in [-0.1, -0.05) is 91.0 Å². The van der Waals surface area contributed by atoms with E-state index in [9.17, 15) is 5.26 Å². The van der Waals surface area contributed by atoms with Crippen molar-refractivity contribution in [3.8, 4) is 34.3 Å². The Balaban J connectivity index is 1.10. The lowest BCUT2D eigenvalue weighted by molar-refractivity contribution is 1.17. The number of nitrogens with zero attached hydrogens (tertiary/aromatic N) is 5. The molecule has 3 heterocycles. The molecule has 0 saturated carbocycles. The van der Waals surface area contributed by atoms with Gasteiger partial charge in [0.2, 0.25) is 0 Å². The first-order valence-corrected chi connectivity index (χ1v) is 18.3. The molecule has 0 aliphatic carbocycles. The fourth-order valence-electron chi connectivity index (χ4n) is 8.73. The lowest BCUT2D eigenvalue weighted by Crippen LogP contribution is -1.97. The third-order valence-electron chi connectivity index (χ3n) is 11.0. The molecule has 0 aliphatic rings. The molecule has 11 rings (SSSR count). The van der Waals surface area contributed by atoms with Crippen LogP contribution in [0.3, 0.4) is 0 Å². The molecule has 0 fully saturated rings. The minimum atomic E-state index is 0.590. The number of hydrogen-bond donors (Lipinski definition) is 0. The first-order valence-electron chi connectivity index (χ1n) is 18.3. The van der Waals surface area contributed by atoms with E-state index >= 15 is 0 Å². The number of fused-ring (bicyclic) bond motifs is 9. The van der Waals surface area contributed by atoms with Crippen molar-refractivity contribution < 1.29 is 0 Å². The molecule has 0 saturated heterocycles. The molecule has 11 aromatic rings. The zero-order chi connectivity index (χ0) is 36.6. The van der Waals surface area contributed by atoms with E-state index in [1.807, 2.05) is 24.3 Å². The van der Waals surface area contributed by atoms with E-state index < -0.39 is 0 Å². The Bertz CT molecular complexity index is 3350. The molecule has 0 spiro atoms. The molecule has 0 bridgehead atoms. The van der Waals surface area contributed by atoms with Crippen LogP contribution in [0.25, 0.3) is 98.5 Å². The smallest absolute Gasteiger partial charge is 0.189 e. The van der Waals surface area contributed by atoms with Gasteiger partial charge in [-0.05, 0) is 96.1 Å². The maximum atomic E-state index is 10.0. The van der Waals surface area contributed by atoms with Crippen molar-refractivity contribution in [2.24, 2.45) is 0 Å². The Hall–Kier alpha value is -7.86. The first kappa shape index (κ1) is 30.7. The van der Waals surface area contributed by atoms with Crippen LogP contribution in [0.2, 0.25) is 0 Å². The molecule has 254 valence electrons. The van der Waals surface area contributed by atoms with E-state index in [1.54, 1.807) is 0 Å². The molecule has 0 radical (unpaired) electrons. The minimum absolute atomic E-state index is 0.590. The number of nitriles is 1. The molecule has 0 atom stereocenters. The van der Waals surface area contributed by atoms with Gasteiger partial charge in [0.05, 0.1) is 57.0 Å². The number of hydrogen-bond acceptors (Lipinski definition) is 1. The lowest BCUT2D eigenvalue weighted by Gasteiger charge is -2.13. The second kappa shape index (κ2) is 11.8. The van der Waals surface area contributed by atoms with Gasteiger partial charge in [-0.3, -0.25) is 0 Å². The SMILES string of the molecule is [C-]#[N+]c1cc(-c2ccc(-n3c4ccc(C#N)cc4c4c(-n5c6ccccc6c6ccccc65)cccc43)cc2)cc(-n2c3ccccc3c3ccccc32)c1. The summed E-state index contributed by atoms with van der Waals surface area (Å²) in [4.78, 5) is 3.90. The molecule has 0 aliphatic heterocycles. The highest BCUT2D eigenvalue weighted by Gasteiger charge is 2.20. The van der Waals surface area contributed by atoms with Crippen molar-refractivity contribution in [2.45, 2.75) is 0 Å². The van der Waals surface area contributed by atoms with Gasteiger partial charge >= 0.3 is 0 Å². The highest BCUT2D eigenvalue weighted by atomic mass is 15.0. The van der Waals surface area contributed by atoms with Crippen LogP contribution in [0.4, 0.5) is 5.69 Å². The minimum Gasteiger partial charge on any atom is -0.310 e. The molecular formula is C50H29N5. The average Bonchev–Trinajstić information content (AvgIpc) is 3.89. The third kappa shape index (κ3) is 4.51. The Morgan fingerprint density at radius 2 is 0.945 bits per heavy atom. The largest absolute Gasteiger partial charge is 0.310 e. The fraction of sp³-hybridized carbons (Fsp3) is 0. The molecule has 0 N–H and O–H groups in total. The monoisotopic (exact) mass is 699 g/mol. The second-order valence-corrected chi connectivity index (χ2v) is 14.0. The van der Waals surface area contributed by atoms with Gasteiger partial charge in [0.1, 0.15) is 0 Å². The maximum absolute atomic E-state index is 10.0. The third-order valence-corrected chi connectivity index (χ3v) is 11.0. The summed E-state index contributed by atoms with van der Waals surface area (Å²) < 4.78 is 6.92. The summed E-state index contributed by atoms with van der Waals surface area (Å²) in [5.74, 6) is 0. The van der Waals surface area contributed by atoms with Crippen molar-refractivity contribution in [1.29, 1.82) is 5.26 Å². The van der Waals surface area contributed by atoms with Crippen LogP contribution < -0.4 is 0 Å². The first-order chi connectivity index (χ1) is 27.2. The predicted molar refractivity (Wildman–Crippen MR) is 226 cm³/mol. The highest BCUT2D eigenvalue weighted by molar-refractivity contribution is 6.17. The van der Waals surface area contributed by atoms with Crippen LogP contribution in [0.15, 0.2) is 176 Å². The Morgan fingerprint density at radius 3 is 1.53 bits per heavy atom. The molecule has 5 heteroatoms. The molecule has 3 aromatic heterocycles. The summed E-state index contributed by atoms with van der Waals surface area (Å²) in [5.41, 5.74) is 12.8. The lowest BCUT2D eigenvalue weighted by atomic mass is 10.0. The van der Waals surface area contributed by atoms with Crippen molar-refractivity contribution in [3.05, 3.63) is 193 Å². The summed E-state index contributed by atoms with van der Waals surface area (Å²) in [6, 6.07) is 63.6. The summed E-state index contributed by atoms with van der Waals surface area (Å²) in [5, 5.41) is 16.9. The topological polar surface area (TPSA) is 42.9 Å². The molecule has 55 heavy (non-hydrogen) atoms. The molecule has 5 nitrogen and oxygen atoms in total. The zero-order valence-corrected chi connectivity index (χ0v) is 29.5.